The number of aromatic nitrogens is 1. The van der Waals surface area contributed by atoms with Gasteiger partial charge >= 0.3 is 0 Å². The Labute approximate surface area is 158 Å². The second-order valence-electron chi connectivity index (χ2n) is 7.95. The maximum Gasteiger partial charge on any atom is 0.255 e. The second kappa shape index (κ2) is 7.82. The van der Waals surface area contributed by atoms with E-state index in [1.54, 1.807) is 12.1 Å². The van der Waals surface area contributed by atoms with E-state index in [0.717, 1.165) is 26.1 Å². The van der Waals surface area contributed by atoms with Crippen molar-refractivity contribution in [3.8, 4) is 0 Å². The molecule has 4 rings (SSSR count). The number of pyridine rings is 1. The van der Waals surface area contributed by atoms with E-state index in [1.165, 1.54) is 19.0 Å². The molecule has 0 radical (unpaired) electrons. The summed E-state index contributed by atoms with van der Waals surface area (Å²) < 4.78 is 0. The van der Waals surface area contributed by atoms with Crippen LogP contribution in [0.2, 0.25) is 0 Å². The molecule has 0 saturated carbocycles. The maximum absolute atomic E-state index is 13.3. The number of fused-ring (bicyclic) bond motifs is 1. The van der Waals surface area contributed by atoms with Gasteiger partial charge in [-0.3, -0.25) is 9.59 Å². The maximum atomic E-state index is 13.3. The molecule has 2 aliphatic rings. The number of aliphatic hydroxyl groups is 1. The average molecular weight is 369 g/mol. The van der Waals surface area contributed by atoms with Crippen LogP contribution in [0.5, 0.6) is 0 Å². The van der Waals surface area contributed by atoms with Crippen LogP contribution in [0.25, 0.3) is 10.8 Å². The Balaban J connectivity index is 1.58. The molecule has 2 N–H and O–H groups in total. The Morgan fingerprint density at radius 2 is 1.81 bits per heavy atom. The first-order chi connectivity index (χ1) is 13.2. The van der Waals surface area contributed by atoms with E-state index in [4.69, 9.17) is 0 Å². The highest BCUT2D eigenvalue weighted by molar-refractivity contribution is 6.06. The van der Waals surface area contributed by atoms with Gasteiger partial charge in [0.25, 0.3) is 11.5 Å². The topological polar surface area (TPSA) is 76.6 Å². The lowest BCUT2D eigenvalue weighted by Crippen LogP contribution is -2.47. The first-order valence-electron chi connectivity index (χ1n) is 9.88. The van der Waals surface area contributed by atoms with Crippen LogP contribution in [0.1, 0.15) is 29.6 Å². The average Bonchev–Trinajstić information content (AvgIpc) is 3.20. The fourth-order valence-corrected chi connectivity index (χ4v) is 4.64. The number of nitrogens with zero attached hydrogens (tertiary/aromatic N) is 2. The van der Waals surface area contributed by atoms with E-state index in [2.05, 4.69) is 9.88 Å². The van der Waals surface area contributed by atoms with Crippen LogP contribution in [-0.4, -0.2) is 65.1 Å². The third-order valence-electron chi connectivity index (χ3n) is 5.92. The molecule has 3 heterocycles. The van der Waals surface area contributed by atoms with E-state index in [0.29, 0.717) is 35.3 Å². The van der Waals surface area contributed by atoms with Gasteiger partial charge in [-0.25, -0.2) is 0 Å². The Hall–Kier alpha value is -2.18. The molecule has 0 spiro atoms. The van der Waals surface area contributed by atoms with Gasteiger partial charge in [-0.2, -0.15) is 0 Å². The van der Waals surface area contributed by atoms with Gasteiger partial charge in [0.15, 0.2) is 0 Å². The molecule has 27 heavy (non-hydrogen) atoms. The van der Waals surface area contributed by atoms with Gasteiger partial charge < -0.3 is 19.9 Å². The number of likely N-dealkylation sites (tertiary alicyclic amines) is 2. The Bertz CT molecular complexity index is 872. The summed E-state index contributed by atoms with van der Waals surface area (Å²) in [5.41, 5.74) is 0.352. The molecule has 2 fully saturated rings. The van der Waals surface area contributed by atoms with Crippen molar-refractivity contribution in [3.05, 3.63) is 46.4 Å². The van der Waals surface area contributed by atoms with E-state index in [9.17, 15) is 14.7 Å². The molecule has 2 saturated heterocycles. The van der Waals surface area contributed by atoms with E-state index in [-0.39, 0.29) is 24.0 Å². The molecule has 2 aliphatic heterocycles. The fourth-order valence-electron chi connectivity index (χ4n) is 4.64. The summed E-state index contributed by atoms with van der Waals surface area (Å²) in [6.07, 6.45) is 5.00. The molecule has 6 nitrogen and oxygen atoms in total. The minimum Gasteiger partial charge on any atom is -0.396 e. The number of rotatable bonds is 4. The number of aromatic amines is 1. The van der Waals surface area contributed by atoms with Crippen LogP contribution in [0.15, 0.2) is 35.3 Å². The molecule has 1 aromatic heterocycles. The summed E-state index contributed by atoms with van der Waals surface area (Å²) in [7, 11) is 0. The van der Waals surface area contributed by atoms with Gasteiger partial charge in [-0.15, -0.1) is 0 Å². The third-order valence-corrected chi connectivity index (χ3v) is 5.92. The molecule has 2 atom stereocenters. The Morgan fingerprint density at radius 1 is 1.11 bits per heavy atom. The van der Waals surface area contributed by atoms with Gasteiger partial charge in [0.05, 0.1) is 5.56 Å². The molecule has 2 unspecified atom stereocenters. The van der Waals surface area contributed by atoms with Crippen molar-refractivity contribution in [3.63, 3.8) is 0 Å². The summed E-state index contributed by atoms with van der Waals surface area (Å²) >= 11 is 0. The lowest BCUT2D eigenvalue weighted by Gasteiger charge is -2.38. The zero-order chi connectivity index (χ0) is 18.8. The fraction of sp³-hybridized carbons (Fsp3) is 0.524. The second-order valence-corrected chi connectivity index (χ2v) is 7.95. The molecule has 0 aliphatic carbocycles. The van der Waals surface area contributed by atoms with Crippen LogP contribution in [-0.2, 0) is 0 Å². The smallest absolute Gasteiger partial charge is 0.255 e. The predicted octanol–water partition coefficient (Wildman–Crippen LogP) is 1.69. The molecule has 1 aromatic carbocycles. The molecular formula is C21H27N3O3. The van der Waals surface area contributed by atoms with Crippen LogP contribution < -0.4 is 5.56 Å². The number of hydrogen-bond acceptors (Lipinski definition) is 4. The van der Waals surface area contributed by atoms with Crippen molar-refractivity contribution in [2.75, 3.05) is 39.3 Å². The quantitative estimate of drug-likeness (QED) is 0.860. The summed E-state index contributed by atoms with van der Waals surface area (Å²) in [6.45, 7) is 4.65. The molecular weight excluding hydrogens is 342 g/mol. The summed E-state index contributed by atoms with van der Waals surface area (Å²) in [6, 6.07) is 7.23. The van der Waals surface area contributed by atoms with Crippen molar-refractivity contribution in [1.29, 1.82) is 0 Å². The minimum absolute atomic E-state index is 0.0629. The van der Waals surface area contributed by atoms with Gasteiger partial charge in [0.1, 0.15) is 0 Å². The summed E-state index contributed by atoms with van der Waals surface area (Å²) in [5.74, 6) is 0.434. The van der Waals surface area contributed by atoms with E-state index in [1.807, 2.05) is 17.0 Å². The van der Waals surface area contributed by atoms with Gasteiger partial charge in [0, 0.05) is 43.2 Å². The summed E-state index contributed by atoms with van der Waals surface area (Å²) in [5, 5.41) is 11.0. The largest absolute Gasteiger partial charge is 0.396 e. The van der Waals surface area contributed by atoms with E-state index >= 15 is 0 Å². The van der Waals surface area contributed by atoms with Crippen molar-refractivity contribution in [2.24, 2.45) is 11.8 Å². The number of amides is 1. The monoisotopic (exact) mass is 369 g/mol. The van der Waals surface area contributed by atoms with Crippen molar-refractivity contribution in [2.45, 2.75) is 19.3 Å². The first kappa shape index (κ1) is 18.2. The highest BCUT2D eigenvalue weighted by atomic mass is 16.3. The van der Waals surface area contributed by atoms with Crippen LogP contribution in [0.3, 0.4) is 0 Å². The Kier molecular flexibility index (Phi) is 5.27. The van der Waals surface area contributed by atoms with Gasteiger partial charge in [0.2, 0.25) is 0 Å². The van der Waals surface area contributed by atoms with Gasteiger partial charge in [-0.05, 0) is 50.3 Å². The number of H-pyrrole nitrogens is 1. The molecule has 0 bridgehead atoms. The highest BCUT2D eigenvalue weighted by Crippen LogP contribution is 2.26. The lowest BCUT2D eigenvalue weighted by atomic mass is 9.88. The molecule has 144 valence electrons. The van der Waals surface area contributed by atoms with Crippen molar-refractivity contribution in [1.82, 2.24) is 14.8 Å². The van der Waals surface area contributed by atoms with E-state index < -0.39 is 0 Å². The number of nitrogens with one attached hydrogen (secondary N) is 1. The predicted molar refractivity (Wildman–Crippen MR) is 105 cm³/mol. The number of hydrogen-bond donors (Lipinski definition) is 2. The molecule has 2 aromatic rings. The third kappa shape index (κ3) is 3.77. The van der Waals surface area contributed by atoms with Crippen molar-refractivity contribution >= 4 is 16.7 Å². The SMILES string of the molecule is O=C(c1c[nH]c(=O)c2ccccc12)N1CC(CO)CC(CN2CCCC2)C1. The van der Waals surface area contributed by atoms with Crippen LogP contribution in [0.4, 0.5) is 0 Å². The highest BCUT2D eigenvalue weighted by Gasteiger charge is 2.32. The van der Waals surface area contributed by atoms with Crippen LogP contribution >= 0.6 is 0 Å². The summed E-state index contributed by atoms with van der Waals surface area (Å²) in [4.78, 5) is 32.4. The molecule has 1 amide bonds. The van der Waals surface area contributed by atoms with Crippen molar-refractivity contribution < 1.29 is 9.90 Å². The lowest BCUT2D eigenvalue weighted by molar-refractivity contribution is 0.0467. The number of benzene rings is 1. The zero-order valence-corrected chi connectivity index (χ0v) is 15.6. The first-order valence-corrected chi connectivity index (χ1v) is 9.88. The normalized spacial score (nSPS) is 23.8. The standard InChI is InChI=1S/C21H27N3O3/c25-14-16-9-15(11-23-7-3-4-8-23)12-24(13-16)21(27)19-10-22-20(26)18-6-2-1-5-17(18)19/h1-2,5-6,10,15-16,25H,3-4,7-9,11-14H2,(H,22,26). The number of piperidine rings is 1. The Morgan fingerprint density at radius 3 is 2.56 bits per heavy atom. The number of aliphatic hydroxyl groups excluding tert-OH is 1. The van der Waals surface area contributed by atoms with Crippen LogP contribution in [0, 0.1) is 11.8 Å². The van der Waals surface area contributed by atoms with Gasteiger partial charge in [-0.1, -0.05) is 18.2 Å². The molecule has 6 heteroatoms. The number of carbonyl (C=O) groups is 1. The number of carbonyl (C=O) groups excluding carboxylic acids is 1. The minimum atomic E-state index is -0.180. The zero-order valence-electron chi connectivity index (χ0n) is 15.6.